The minimum atomic E-state index is -0.154. The molecule has 0 aliphatic heterocycles. The molecule has 0 fully saturated rings. The average molecular weight is 402 g/mol. The number of nitrogen functional groups attached to an aromatic ring is 1. The molecular formula is C19H19N3O3S2. The maximum atomic E-state index is 12.3. The van der Waals surface area contributed by atoms with Crippen molar-refractivity contribution in [3.05, 3.63) is 48.5 Å². The van der Waals surface area contributed by atoms with E-state index in [0.29, 0.717) is 22.2 Å². The number of hydrogen-bond donors (Lipinski definition) is 2. The molecule has 1 aromatic heterocycles. The molecule has 0 saturated heterocycles. The number of ether oxygens (including phenoxy) is 2. The van der Waals surface area contributed by atoms with Gasteiger partial charge in [-0.15, -0.1) is 0 Å². The number of carbonyl (C=O) groups is 1. The Morgan fingerprint density at radius 1 is 1.19 bits per heavy atom. The number of rotatable bonds is 7. The maximum absolute atomic E-state index is 12.3. The minimum Gasteiger partial charge on any atom is -0.497 e. The molecule has 0 atom stereocenters. The highest BCUT2D eigenvalue weighted by molar-refractivity contribution is 8.01. The van der Waals surface area contributed by atoms with Gasteiger partial charge in [-0.05, 0) is 12.1 Å². The maximum Gasteiger partial charge on any atom is 0.234 e. The summed E-state index contributed by atoms with van der Waals surface area (Å²) in [7, 11) is 3.12. The summed E-state index contributed by atoms with van der Waals surface area (Å²) in [5, 5.41) is 3.48. The second-order valence-electron chi connectivity index (χ2n) is 5.46. The van der Waals surface area contributed by atoms with Crippen molar-refractivity contribution in [1.29, 1.82) is 0 Å². The molecule has 0 bridgehead atoms. The fraction of sp³-hybridized carbons (Fsp3) is 0.158. The Kier molecular flexibility index (Phi) is 6.20. The van der Waals surface area contributed by atoms with Crippen molar-refractivity contribution in [1.82, 2.24) is 4.98 Å². The molecule has 27 heavy (non-hydrogen) atoms. The van der Waals surface area contributed by atoms with Crippen molar-refractivity contribution in [3.63, 3.8) is 0 Å². The number of thiazole rings is 1. The standard InChI is InChI=1S/C19H19N3O3S2/c1-24-13-8-9-14(15(10-13)25-2)21-16(23)11-26-19-22-17(18(20)27-19)12-6-4-3-5-7-12/h3-10H,11,20H2,1-2H3,(H,21,23). The van der Waals surface area contributed by atoms with Crippen molar-refractivity contribution in [2.45, 2.75) is 4.34 Å². The molecule has 0 saturated carbocycles. The van der Waals surface area contributed by atoms with Gasteiger partial charge in [-0.3, -0.25) is 4.79 Å². The number of methoxy groups -OCH3 is 2. The van der Waals surface area contributed by atoms with E-state index in [1.807, 2.05) is 30.3 Å². The summed E-state index contributed by atoms with van der Waals surface area (Å²) in [6.45, 7) is 0. The minimum absolute atomic E-state index is 0.154. The molecule has 1 amide bonds. The van der Waals surface area contributed by atoms with Gasteiger partial charge < -0.3 is 20.5 Å². The Morgan fingerprint density at radius 2 is 1.96 bits per heavy atom. The summed E-state index contributed by atoms with van der Waals surface area (Å²) in [6, 6.07) is 15.0. The van der Waals surface area contributed by atoms with E-state index < -0.39 is 0 Å². The van der Waals surface area contributed by atoms with Crippen molar-refractivity contribution in [2.24, 2.45) is 0 Å². The predicted octanol–water partition coefficient (Wildman–Crippen LogP) is 4.14. The topological polar surface area (TPSA) is 86.5 Å². The first-order valence-electron chi connectivity index (χ1n) is 8.07. The van der Waals surface area contributed by atoms with Gasteiger partial charge in [0.05, 0.1) is 25.7 Å². The summed E-state index contributed by atoms with van der Waals surface area (Å²) in [5.74, 6) is 1.26. The highest BCUT2D eigenvalue weighted by Gasteiger charge is 2.14. The van der Waals surface area contributed by atoms with E-state index >= 15 is 0 Å². The van der Waals surface area contributed by atoms with Crippen LogP contribution in [0.3, 0.4) is 0 Å². The number of amides is 1. The summed E-state index contributed by atoms with van der Waals surface area (Å²) in [4.78, 5) is 16.8. The van der Waals surface area contributed by atoms with Gasteiger partial charge in [0.25, 0.3) is 0 Å². The molecule has 8 heteroatoms. The number of anilines is 2. The van der Waals surface area contributed by atoms with Gasteiger partial charge >= 0.3 is 0 Å². The third-order valence-electron chi connectivity index (χ3n) is 3.69. The highest BCUT2D eigenvalue weighted by atomic mass is 32.2. The first-order valence-corrected chi connectivity index (χ1v) is 9.87. The summed E-state index contributed by atoms with van der Waals surface area (Å²) >= 11 is 2.73. The Balaban J connectivity index is 1.63. The second kappa shape index (κ2) is 8.79. The van der Waals surface area contributed by atoms with Gasteiger partial charge in [-0.2, -0.15) is 0 Å². The van der Waals surface area contributed by atoms with Crippen molar-refractivity contribution in [3.8, 4) is 22.8 Å². The van der Waals surface area contributed by atoms with E-state index in [0.717, 1.165) is 15.6 Å². The van der Waals surface area contributed by atoms with Gasteiger partial charge in [0, 0.05) is 11.6 Å². The van der Waals surface area contributed by atoms with Crippen LogP contribution in [-0.2, 0) is 4.79 Å². The molecule has 0 aliphatic rings. The quantitative estimate of drug-likeness (QED) is 0.579. The molecule has 3 N–H and O–H groups in total. The second-order valence-corrected chi connectivity index (χ2v) is 7.71. The molecule has 0 spiro atoms. The van der Waals surface area contributed by atoms with Crippen LogP contribution in [0.5, 0.6) is 11.5 Å². The van der Waals surface area contributed by atoms with Crippen LogP contribution in [0.2, 0.25) is 0 Å². The van der Waals surface area contributed by atoms with E-state index in [4.69, 9.17) is 15.2 Å². The van der Waals surface area contributed by atoms with Gasteiger partial charge in [0.15, 0.2) is 4.34 Å². The van der Waals surface area contributed by atoms with Crippen LogP contribution in [0, 0.1) is 0 Å². The van der Waals surface area contributed by atoms with Crippen LogP contribution >= 0.6 is 23.1 Å². The first kappa shape index (κ1) is 19.1. The summed E-state index contributed by atoms with van der Waals surface area (Å²) in [5.41, 5.74) is 8.39. The zero-order valence-electron chi connectivity index (χ0n) is 14.9. The number of nitrogens with two attached hydrogens (primary N) is 1. The number of carbonyl (C=O) groups excluding carboxylic acids is 1. The lowest BCUT2D eigenvalue weighted by molar-refractivity contribution is -0.113. The zero-order chi connectivity index (χ0) is 19.2. The van der Waals surface area contributed by atoms with Gasteiger partial charge in [-0.25, -0.2) is 4.98 Å². The molecule has 3 rings (SSSR count). The van der Waals surface area contributed by atoms with Gasteiger partial charge in [0.1, 0.15) is 22.2 Å². The number of thioether (sulfide) groups is 1. The Bertz CT molecular complexity index is 929. The van der Waals surface area contributed by atoms with Crippen LogP contribution in [-0.4, -0.2) is 30.9 Å². The molecule has 3 aromatic rings. The fourth-order valence-electron chi connectivity index (χ4n) is 2.39. The average Bonchev–Trinajstić information content (AvgIpc) is 3.08. The molecule has 6 nitrogen and oxygen atoms in total. The van der Waals surface area contributed by atoms with Crippen molar-refractivity contribution >= 4 is 39.7 Å². The van der Waals surface area contributed by atoms with Crippen LogP contribution in [0.15, 0.2) is 52.9 Å². The van der Waals surface area contributed by atoms with E-state index in [1.54, 1.807) is 32.4 Å². The van der Waals surface area contributed by atoms with E-state index in [9.17, 15) is 4.79 Å². The van der Waals surface area contributed by atoms with E-state index in [2.05, 4.69) is 10.3 Å². The smallest absolute Gasteiger partial charge is 0.234 e. The van der Waals surface area contributed by atoms with Crippen molar-refractivity contribution in [2.75, 3.05) is 31.0 Å². The third-order valence-corrected chi connectivity index (χ3v) is 5.72. The summed E-state index contributed by atoms with van der Waals surface area (Å²) < 4.78 is 11.2. The Morgan fingerprint density at radius 3 is 2.67 bits per heavy atom. The SMILES string of the molecule is COc1ccc(NC(=O)CSc2nc(-c3ccccc3)c(N)s2)c(OC)c1. The fourth-order valence-corrected chi connectivity index (χ4v) is 4.14. The number of nitrogens with zero attached hydrogens (tertiary/aromatic N) is 1. The number of hydrogen-bond acceptors (Lipinski definition) is 7. The largest absolute Gasteiger partial charge is 0.497 e. The Labute approximate surface area is 165 Å². The first-order chi connectivity index (χ1) is 13.1. The molecule has 0 radical (unpaired) electrons. The van der Waals surface area contributed by atoms with Gasteiger partial charge in [-0.1, -0.05) is 53.4 Å². The third kappa shape index (κ3) is 4.72. The molecule has 1 heterocycles. The highest BCUT2D eigenvalue weighted by Crippen LogP contribution is 2.35. The van der Waals surface area contributed by atoms with Gasteiger partial charge in [0.2, 0.25) is 5.91 Å². The van der Waals surface area contributed by atoms with Crippen LogP contribution in [0.4, 0.5) is 10.7 Å². The lowest BCUT2D eigenvalue weighted by atomic mass is 10.2. The molecule has 140 valence electrons. The number of nitrogens with one attached hydrogen (secondary N) is 1. The van der Waals surface area contributed by atoms with Crippen LogP contribution in [0.25, 0.3) is 11.3 Å². The van der Waals surface area contributed by atoms with Crippen molar-refractivity contribution < 1.29 is 14.3 Å². The molecule has 0 unspecified atom stereocenters. The lowest BCUT2D eigenvalue weighted by Gasteiger charge is -2.11. The molecule has 0 aliphatic carbocycles. The Hall–Kier alpha value is -2.71. The van der Waals surface area contributed by atoms with Crippen LogP contribution < -0.4 is 20.5 Å². The number of benzene rings is 2. The summed E-state index contributed by atoms with van der Waals surface area (Å²) in [6.07, 6.45) is 0. The lowest BCUT2D eigenvalue weighted by Crippen LogP contribution is -2.14. The van der Waals surface area contributed by atoms with Crippen LogP contribution in [0.1, 0.15) is 0 Å². The molecule has 2 aromatic carbocycles. The van der Waals surface area contributed by atoms with E-state index in [1.165, 1.54) is 23.1 Å². The van der Waals surface area contributed by atoms with E-state index in [-0.39, 0.29) is 11.7 Å². The normalized spacial score (nSPS) is 10.4. The molecular weight excluding hydrogens is 382 g/mol. The monoisotopic (exact) mass is 401 g/mol. The predicted molar refractivity (Wildman–Crippen MR) is 111 cm³/mol. The zero-order valence-corrected chi connectivity index (χ0v) is 16.5. The number of aromatic nitrogens is 1.